The number of amides is 1. The van der Waals surface area contributed by atoms with Crippen LogP contribution in [0.5, 0.6) is 0 Å². The van der Waals surface area contributed by atoms with Crippen LogP contribution < -0.4 is 5.32 Å². The van der Waals surface area contributed by atoms with Crippen molar-refractivity contribution in [3.05, 3.63) is 63.0 Å². The number of anilines is 1. The van der Waals surface area contributed by atoms with Crippen LogP contribution in [-0.4, -0.2) is 56.7 Å². The maximum Gasteiger partial charge on any atom is 0.256 e. The lowest BCUT2D eigenvalue weighted by atomic mass is 9.84. The average Bonchev–Trinajstić information content (AvgIpc) is 3.44. The first-order valence-electron chi connectivity index (χ1n) is 12.7. The maximum absolute atomic E-state index is 13.0. The Morgan fingerprint density at radius 1 is 1.19 bits per heavy atom. The Hall–Kier alpha value is -2.26. The number of ether oxygens (including phenoxy) is 1. The van der Waals surface area contributed by atoms with E-state index in [0.717, 1.165) is 42.8 Å². The van der Waals surface area contributed by atoms with Gasteiger partial charge >= 0.3 is 0 Å². The summed E-state index contributed by atoms with van der Waals surface area (Å²) in [5.41, 5.74) is 2.40. The smallest absolute Gasteiger partial charge is 0.256 e. The topological polar surface area (TPSA) is 72.3 Å². The van der Waals surface area contributed by atoms with E-state index in [4.69, 9.17) is 21.3 Å². The van der Waals surface area contributed by atoms with E-state index in [2.05, 4.69) is 41.2 Å². The van der Waals surface area contributed by atoms with Gasteiger partial charge in [0, 0.05) is 47.7 Å². The van der Waals surface area contributed by atoms with Gasteiger partial charge in [0.25, 0.3) is 5.91 Å². The van der Waals surface area contributed by atoms with E-state index >= 15 is 0 Å². The Bertz CT molecular complexity index is 1170. The molecule has 0 unspecified atom stereocenters. The van der Waals surface area contributed by atoms with E-state index in [1.165, 1.54) is 15.4 Å². The summed E-state index contributed by atoms with van der Waals surface area (Å²) >= 11 is 7.96. The normalized spacial score (nSPS) is 25.1. The highest BCUT2D eigenvalue weighted by molar-refractivity contribution is 7.11. The molecule has 192 valence electrons. The molecule has 1 saturated carbocycles. The van der Waals surface area contributed by atoms with E-state index in [9.17, 15) is 4.79 Å². The average molecular weight is 528 g/mol. The summed E-state index contributed by atoms with van der Waals surface area (Å²) in [6, 6.07) is 8.70. The fourth-order valence-corrected chi connectivity index (χ4v) is 6.62. The molecule has 0 bridgehead atoms. The summed E-state index contributed by atoms with van der Waals surface area (Å²) in [6.45, 7) is 5.37. The van der Waals surface area contributed by atoms with Crippen molar-refractivity contribution < 1.29 is 9.53 Å². The fraction of sp³-hybridized carbons (Fsp3) is 0.519. The van der Waals surface area contributed by atoms with Gasteiger partial charge in [-0.25, -0.2) is 9.97 Å². The van der Waals surface area contributed by atoms with Gasteiger partial charge in [-0.3, -0.25) is 9.69 Å². The molecule has 0 radical (unpaired) electrons. The van der Waals surface area contributed by atoms with Gasteiger partial charge in [-0.15, -0.1) is 11.3 Å². The molecular formula is C27H34ClN5O2S. The van der Waals surface area contributed by atoms with E-state index < -0.39 is 6.10 Å². The van der Waals surface area contributed by atoms with Crippen molar-refractivity contribution in [1.29, 1.82) is 0 Å². The van der Waals surface area contributed by atoms with Gasteiger partial charge in [-0.2, -0.15) is 0 Å². The number of morpholine rings is 1. The molecule has 36 heavy (non-hydrogen) atoms. The number of halogens is 1. The number of nitrogens with one attached hydrogen (secondary N) is 1. The van der Waals surface area contributed by atoms with Crippen LogP contribution in [0.25, 0.3) is 0 Å². The SMILES string of the molecule is Cc1nc(C2CCC(N3C[C@H](C(=O)Nc4cn(C)cn4)OC[C@@H]3Cc3ccc(Cl)cc3)CC2)sc1C. The van der Waals surface area contributed by atoms with Crippen molar-refractivity contribution in [3.8, 4) is 0 Å². The molecule has 1 amide bonds. The molecule has 0 spiro atoms. The summed E-state index contributed by atoms with van der Waals surface area (Å²) in [5.74, 6) is 0.958. The molecule has 3 aromatic rings. The molecule has 1 N–H and O–H groups in total. The van der Waals surface area contributed by atoms with Crippen LogP contribution in [0.1, 0.15) is 52.7 Å². The Morgan fingerprint density at radius 3 is 2.58 bits per heavy atom. The summed E-state index contributed by atoms with van der Waals surface area (Å²) < 4.78 is 7.95. The summed E-state index contributed by atoms with van der Waals surface area (Å²) in [6.07, 6.45) is 8.30. The Kier molecular flexibility index (Phi) is 7.76. The van der Waals surface area contributed by atoms with Crippen molar-refractivity contribution in [2.45, 2.75) is 70.1 Å². The van der Waals surface area contributed by atoms with Crippen LogP contribution in [0.2, 0.25) is 5.02 Å². The van der Waals surface area contributed by atoms with E-state index in [1.54, 1.807) is 12.5 Å². The second-order valence-corrected chi connectivity index (χ2v) is 11.8. The number of carbonyl (C=O) groups excluding carboxylic acids is 1. The van der Waals surface area contributed by atoms with E-state index in [-0.39, 0.29) is 11.9 Å². The molecule has 1 saturated heterocycles. The molecule has 1 aromatic carbocycles. The Labute approximate surface area is 221 Å². The Balaban J connectivity index is 1.28. The van der Waals surface area contributed by atoms with Gasteiger partial charge in [-0.1, -0.05) is 23.7 Å². The molecule has 9 heteroatoms. The second kappa shape index (κ2) is 11.0. The molecule has 5 rings (SSSR count). The Morgan fingerprint density at radius 2 is 1.94 bits per heavy atom. The first-order chi connectivity index (χ1) is 17.4. The summed E-state index contributed by atoms with van der Waals surface area (Å²) in [5, 5.41) is 4.95. The molecule has 1 aliphatic heterocycles. The standard InChI is InChI=1S/C27H34ClN5O2S/c1-17-18(2)36-27(30-17)20-6-10-22(11-7-20)33-13-24(26(34)31-25-14-32(3)16-29-25)35-15-23(33)12-19-4-8-21(28)9-5-19/h4-5,8-9,14,16,20,22-24H,6-7,10-13,15H2,1-3H3,(H,31,34)/t20?,22?,23-,24+/m0/s1. The van der Waals surface area contributed by atoms with Crippen molar-refractivity contribution in [3.63, 3.8) is 0 Å². The van der Waals surface area contributed by atoms with Gasteiger partial charge in [0.05, 0.1) is 23.6 Å². The molecule has 2 fully saturated rings. The molecular weight excluding hydrogens is 494 g/mol. The first-order valence-corrected chi connectivity index (χ1v) is 13.9. The zero-order valence-corrected chi connectivity index (χ0v) is 22.7. The number of imidazole rings is 1. The second-order valence-electron chi connectivity index (χ2n) is 10.1. The monoisotopic (exact) mass is 527 g/mol. The van der Waals surface area contributed by atoms with Gasteiger partial charge in [-0.05, 0) is 63.6 Å². The number of rotatable bonds is 6. The minimum atomic E-state index is -0.518. The van der Waals surface area contributed by atoms with Gasteiger partial charge < -0.3 is 14.6 Å². The fourth-order valence-electron chi connectivity index (χ4n) is 5.40. The van der Waals surface area contributed by atoms with Crippen molar-refractivity contribution >= 4 is 34.7 Å². The van der Waals surface area contributed by atoms with Crippen LogP contribution in [0, 0.1) is 13.8 Å². The number of hydrogen-bond acceptors (Lipinski definition) is 6. The van der Waals surface area contributed by atoms with Crippen LogP contribution >= 0.6 is 22.9 Å². The van der Waals surface area contributed by atoms with E-state index in [0.29, 0.717) is 30.9 Å². The number of aryl methyl sites for hydroxylation is 3. The molecule has 2 aromatic heterocycles. The molecule has 2 atom stereocenters. The van der Waals surface area contributed by atoms with Crippen molar-refractivity contribution in [2.24, 2.45) is 7.05 Å². The van der Waals surface area contributed by atoms with Crippen LogP contribution in [0.3, 0.4) is 0 Å². The number of aromatic nitrogens is 3. The lowest BCUT2D eigenvalue weighted by Crippen LogP contribution is -2.57. The van der Waals surface area contributed by atoms with Crippen LogP contribution in [-0.2, 0) is 23.0 Å². The minimum Gasteiger partial charge on any atom is -0.365 e. The van der Waals surface area contributed by atoms with Crippen molar-refractivity contribution in [2.75, 3.05) is 18.5 Å². The molecule has 1 aliphatic carbocycles. The van der Waals surface area contributed by atoms with Crippen LogP contribution in [0.4, 0.5) is 5.82 Å². The quantitative estimate of drug-likeness (QED) is 0.481. The third kappa shape index (κ3) is 5.83. The number of benzene rings is 1. The summed E-state index contributed by atoms with van der Waals surface area (Å²) in [7, 11) is 1.88. The third-order valence-electron chi connectivity index (χ3n) is 7.53. The molecule has 3 heterocycles. The van der Waals surface area contributed by atoms with Crippen molar-refractivity contribution in [1.82, 2.24) is 19.4 Å². The lowest BCUT2D eigenvalue weighted by molar-refractivity contribution is -0.140. The number of thiazole rings is 1. The minimum absolute atomic E-state index is 0.133. The largest absolute Gasteiger partial charge is 0.365 e. The van der Waals surface area contributed by atoms with Gasteiger partial charge in [0.1, 0.15) is 6.10 Å². The number of nitrogens with zero attached hydrogens (tertiary/aromatic N) is 4. The zero-order valence-electron chi connectivity index (χ0n) is 21.1. The van der Waals surface area contributed by atoms with Gasteiger partial charge in [0.2, 0.25) is 0 Å². The van der Waals surface area contributed by atoms with Gasteiger partial charge in [0.15, 0.2) is 5.82 Å². The third-order valence-corrected chi connectivity index (χ3v) is 9.02. The molecule has 7 nitrogen and oxygen atoms in total. The number of carbonyl (C=O) groups is 1. The lowest BCUT2D eigenvalue weighted by Gasteiger charge is -2.45. The highest BCUT2D eigenvalue weighted by Crippen LogP contribution is 2.38. The molecule has 2 aliphatic rings. The maximum atomic E-state index is 13.0. The van der Waals surface area contributed by atoms with E-state index in [1.807, 2.05) is 35.1 Å². The predicted octanol–water partition coefficient (Wildman–Crippen LogP) is 5.12. The highest BCUT2D eigenvalue weighted by Gasteiger charge is 2.38. The highest BCUT2D eigenvalue weighted by atomic mass is 35.5. The zero-order chi connectivity index (χ0) is 25.2. The summed E-state index contributed by atoms with van der Waals surface area (Å²) in [4.78, 5) is 26.0. The van der Waals surface area contributed by atoms with Crippen LogP contribution in [0.15, 0.2) is 36.8 Å². The predicted molar refractivity (Wildman–Crippen MR) is 144 cm³/mol. The first kappa shape index (κ1) is 25.4. The number of hydrogen-bond donors (Lipinski definition) is 1.